The Morgan fingerprint density at radius 3 is 2.15 bits per heavy atom. The van der Waals surface area contributed by atoms with Crippen LogP contribution in [0.15, 0.2) is 42.5 Å². The summed E-state index contributed by atoms with van der Waals surface area (Å²) in [7, 11) is 0. The van der Waals surface area contributed by atoms with E-state index >= 15 is 0 Å². The lowest BCUT2D eigenvalue weighted by atomic mass is 9.78. The van der Waals surface area contributed by atoms with Crippen LogP contribution in [0.2, 0.25) is 0 Å². The number of benzene rings is 2. The number of urea groups is 1. The molecule has 0 aromatic heterocycles. The van der Waals surface area contributed by atoms with E-state index in [-0.39, 0.29) is 11.6 Å². The van der Waals surface area contributed by atoms with Gasteiger partial charge in [-0.1, -0.05) is 44.2 Å². The summed E-state index contributed by atoms with van der Waals surface area (Å²) in [6, 6.07) is 11.6. The van der Waals surface area contributed by atoms with Crippen LogP contribution in [0.3, 0.4) is 0 Å². The third-order valence-corrected chi connectivity index (χ3v) is 4.57. The zero-order valence-corrected chi connectivity index (χ0v) is 14.6. The molecule has 0 aliphatic heterocycles. The van der Waals surface area contributed by atoms with Crippen LogP contribution >= 0.6 is 0 Å². The number of amides is 2. The third kappa shape index (κ3) is 3.10. The Morgan fingerprint density at radius 2 is 1.54 bits per heavy atom. The average Bonchev–Trinajstić information content (AvgIpc) is 2.65. The molecule has 0 saturated heterocycles. The fourth-order valence-corrected chi connectivity index (χ4v) is 3.00. The van der Waals surface area contributed by atoms with Gasteiger partial charge in [-0.05, 0) is 17.7 Å². The van der Waals surface area contributed by atoms with Crippen molar-refractivity contribution >= 4 is 17.6 Å². The molecule has 0 spiro atoms. The SMILES string of the molecule is CC(C)(CNNC(=O)NN)c1ccc2c(c1)C(=O)c1ccccc1C2=O. The van der Waals surface area contributed by atoms with E-state index in [4.69, 9.17) is 5.84 Å². The van der Waals surface area contributed by atoms with Crippen molar-refractivity contribution in [2.75, 3.05) is 6.54 Å². The highest BCUT2D eigenvalue weighted by atomic mass is 16.2. The van der Waals surface area contributed by atoms with Crippen LogP contribution in [-0.2, 0) is 5.41 Å². The number of nitrogens with one attached hydrogen (secondary N) is 3. The molecule has 3 rings (SSSR count). The molecule has 7 heteroatoms. The predicted molar refractivity (Wildman–Crippen MR) is 96.6 cm³/mol. The summed E-state index contributed by atoms with van der Waals surface area (Å²) < 4.78 is 0. The molecule has 5 N–H and O–H groups in total. The van der Waals surface area contributed by atoms with Crippen LogP contribution in [0.25, 0.3) is 0 Å². The molecule has 2 aromatic carbocycles. The van der Waals surface area contributed by atoms with E-state index in [9.17, 15) is 14.4 Å². The van der Waals surface area contributed by atoms with Crippen molar-refractivity contribution in [3.63, 3.8) is 0 Å². The van der Waals surface area contributed by atoms with Gasteiger partial charge in [0.25, 0.3) is 0 Å². The quantitative estimate of drug-likeness (QED) is 0.322. The van der Waals surface area contributed by atoms with E-state index < -0.39 is 11.4 Å². The lowest BCUT2D eigenvalue weighted by Crippen LogP contribution is -2.50. The second-order valence-corrected chi connectivity index (χ2v) is 6.80. The van der Waals surface area contributed by atoms with Crippen LogP contribution in [-0.4, -0.2) is 24.1 Å². The molecule has 0 radical (unpaired) electrons. The van der Waals surface area contributed by atoms with Gasteiger partial charge in [-0.15, -0.1) is 0 Å². The van der Waals surface area contributed by atoms with Gasteiger partial charge in [-0.25, -0.2) is 16.1 Å². The van der Waals surface area contributed by atoms with Crippen molar-refractivity contribution < 1.29 is 14.4 Å². The predicted octanol–water partition coefficient (Wildman–Crippen LogP) is 1.42. The maximum atomic E-state index is 12.8. The Hall–Kier alpha value is -3.03. The van der Waals surface area contributed by atoms with Gasteiger partial charge in [0.2, 0.25) is 0 Å². The van der Waals surface area contributed by atoms with Gasteiger partial charge in [0, 0.05) is 34.2 Å². The van der Waals surface area contributed by atoms with E-state index in [1.807, 2.05) is 25.3 Å². The van der Waals surface area contributed by atoms with Gasteiger partial charge in [0.1, 0.15) is 0 Å². The number of hydrogen-bond acceptors (Lipinski definition) is 5. The topological polar surface area (TPSA) is 113 Å². The Labute approximate surface area is 150 Å². The maximum absolute atomic E-state index is 12.8. The highest BCUT2D eigenvalue weighted by Gasteiger charge is 2.31. The van der Waals surface area contributed by atoms with Gasteiger partial charge in [-0.2, -0.15) is 0 Å². The lowest BCUT2D eigenvalue weighted by molar-refractivity contribution is 0.0979. The number of rotatable bonds is 4. The van der Waals surface area contributed by atoms with Crippen molar-refractivity contribution in [2.45, 2.75) is 19.3 Å². The number of ketones is 2. The van der Waals surface area contributed by atoms with Crippen LogP contribution < -0.4 is 22.1 Å². The van der Waals surface area contributed by atoms with Gasteiger partial charge >= 0.3 is 6.03 Å². The highest BCUT2D eigenvalue weighted by molar-refractivity contribution is 6.28. The highest BCUT2D eigenvalue weighted by Crippen LogP contribution is 2.31. The molecule has 7 nitrogen and oxygen atoms in total. The normalized spacial score (nSPS) is 13.0. The largest absolute Gasteiger partial charge is 0.343 e. The van der Waals surface area contributed by atoms with Gasteiger partial charge in [-0.3, -0.25) is 20.4 Å². The maximum Gasteiger partial charge on any atom is 0.343 e. The summed E-state index contributed by atoms with van der Waals surface area (Å²) in [5.41, 5.74) is 9.32. The summed E-state index contributed by atoms with van der Waals surface area (Å²) in [4.78, 5) is 36.6. The number of fused-ring (bicyclic) bond motifs is 2. The molecule has 0 bridgehead atoms. The van der Waals surface area contributed by atoms with Gasteiger partial charge in [0.15, 0.2) is 11.6 Å². The zero-order valence-electron chi connectivity index (χ0n) is 14.6. The molecular formula is C19H20N4O3. The average molecular weight is 352 g/mol. The molecule has 2 aromatic rings. The van der Waals surface area contributed by atoms with Gasteiger partial charge < -0.3 is 0 Å². The van der Waals surface area contributed by atoms with Crippen molar-refractivity contribution in [1.82, 2.24) is 16.3 Å². The summed E-state index contributed by atoms with van der Waals surface area (Å²) in [6.45, 7) is 4.33. The van der Waals surface area contributed by atoms with Crippen molar-refractivity contribution in [3.8, 4) is 0 Å². The molecule has 134 valence electrons. The van der Waals surface area contributed by atoms with E-state index in [1.54, 1.807) is 36.4 Å². The number of carbonyl (C=O) groups excluding carboxylic acids is 3. The van der Waals surface area contributed by atoms with Crippen molar-refractivity contribution in [1.29, 1.82) is 0 Å². The molecule has 0 unspecified atom stereocenters. The van der Waals surface area contributed by atoms with Gasteiger partial charge in [0.05, 0.1) is 0 Å². The number of carbonyl (C=O) groups is 3. The summed E-state index contributed by atoms with van der Waals surface area (Å²) in [5.74, 6) is 4.71. The Bertz CT molecular complexity index is 905. The first kappa shape index (κ1) is 17.8. The fraction of sp³-hybridized carbons (Fsp3) is 0.211. The minimum atomic E-state index is -0.552. The first-order chi connectivity index (χ1) is 12.3. The molecule has 0 heterocycles. The van der Waals surface area contributed by atoms with E-state index in [0.717, 1.165) is 5.56 Å². The van der Waals surface area contributed by atoms with E-state index in [0.29, 0.717) is 28.8 Å². The minimum absolute atomic E-state index is 0.140. The van der Waals surface area contributed by atoms with Crippen molar-refractivity contribution in [3.05, 3.63) is 70.3 Å². The molecule has 0 atom stereocenters. The Kier molecular flexibility index (Phi) is 4.58. The molecule has 0 fully saturated rings. The Morgan fingerprint density at radius 1 is 0.962 bits per heavy atom. The van der Waals surface area contributed by atoms with E-state index in [1.165, 1.54) is 0 Å². The summed E-state index contributed by atoms with van der Waals surface area (Å²) >= 11 is 0. The minimum Gasteiger partial charge on any atom is -0.289 e. The fourth-order valence-electron chi connectivity index (χ4n) is 3.00. The second kappa shape index (κ2) is 6.70. The number of hydrogen-bond donors (Lipinski definition) is 4. The third-order valence-electron chi connectivity index (χ3n) is 4.57. The summed E-state index contributed by atoms with van der Waals surface area (Å²) in [5, 5.41) is 0. The molecule has 0 saturated carbocycles. The van der Waals surface area contributed by atoms with Crippen LogP contribution in [0.4, 0.5) is 4.79 Å². The lowest BCUT2D eigenvalue weighted by Gasteiger charge is -2.27. The van der Waals surface area contributed by atoms with Crippen LogP contribution in [0, 0.1) is 0 Å². The van der Waals surface area contributed by atoms with E-state index in [2.05, 4.69) is 10.9 Å². The van der Waals surface area contributed by atoms with Crippen LogP contribution in [0.5, 0.6) is 0 Å². The monoisotopic (exact) mass is 352 g/mol. The molecule has 1 aliphatic carbocycles. The Balaban J connectivity index is 1.90. The molecular weight excluding hydrogens is 332 g/mol. The van der Waals surface area contributed by atoms with Crippen LogP contribution in [0.1, 0.15) is 51.3 Å². The smallest absolute Gasteiger partial charge is 0.289 e. The first-order valence-electron chi connectivity index (χ1n) is 8.17. The molecule has 2 amide bonds. The molecule has 26 heavy (non-hydrogen) atoms. The molecule has 1 aliphatic rings. The second-order valence-electron chi connectivity index (χ2n) is 6.80. The first-order valence-corrected chi connectivity index (χ1v) is 8.17. The number of nitrogens with two attached hydrogens (primary N) is 1. The standard InChI is InChI=1S/C19H20N4O3/c1-19(2,10-21-23-18(26)22-20)11-7-8-14-15(9-11)17(25)13-6-4-3-5-12(13)16(14)24/h3-9,21H,10,20H2,1-2H3,(H2,22,23,26). The zero-order chi connectivity index (χ0) is 18.9. The summed E-state index contributed by atoms with van der Waals surface area (Å²) in [6.07, 6.45) is 0. The number of hydrazine groups is 2. The van der Waals surface area contributed by atoms with Crippen molar-refractivity contribution in [2.24, 2.45) is 5.84 Å².